The van der Waals surface area contributed by atoms with Crippen LogP contribution in [0.2, 0.25) is 0 Å². The number of morpholine rings is 1. The zero-order chi connectivity index (χ0) is 35.3. The summed E-state index contributed by atoms with van der Waals surface area (Å²) in [4.78, 5) is 33.6. The highest BCUT2D eigenvalue weighted by molar-refractivity contribution is 6.06. The maximum atomic E-state index is 15.5. The average Bonchev–Trinajstić information content (AvgIpc) is 3.15. The Morgan fingerprint density at radius 3 is 2.49 bits per heavy atom. The Morgan fingerprint density at radius 2 is 1.69 bits per heavy atom. The summed E-state index contributed by atoms with van der Waals surface area (Å²) in [5.41, 5.74) is 0.470. The fraction of sp³-hybridized carbons (Fsp3) is 0.205. The second-order valence-corrected chi connectivity index (χ2v) is 11.9. The van der Waals surface area contributed by atoms with E-state index in [9.17, 15) is 14.0 Å². The molecule has 1 N–H and O–H groups in total. The van der Waals surface area contributed by atoms with Crippen LogP contribution in [-0.2, 0) is 4.74 Å². The number of halogens is 2. The number of carbonyl (C=O) groups is 1. The predicted octanol–water partition coefficient (Wildman–Crippen LogP) is 6.97. The van der Waals surface area contributed by atoms with Gasteiger partial charge >= 0.3 is 0 Å². The standard InChI is InChI=1S/C39H34F2N4O6/c1-48-36-22-27-31(23-37(36)50-18-6-15-44-16-19-49-20-17-44)42-14-13-34(27)51-35-12-11-25(21-30(35)41)43-39(47)28-24-45(33-10-5-3-8-29(33)40)32-9-4-2-7-26(32)38(28)46/h2-5,7-14,21-24H,6,15-20H2,1H3,(H,43,47). The maximum Gasteiger partial charge on any atom is 0.261 e. The Hall–Kier alpha value is -5.85. The van der Waals surface area contributed by atoms with Crippen molar-refractivity contribution in [2.45, 2.75) is 6.42 Å². The van der Waals surface area contributed by atoms with Crippen molar-refractivity contribution in [3.63, 3.8) is 0 Å². The molecule has 1 amide bonds. The normalized spacial score (nSPS) is 13.3. The highest BCUT2D eigenvalue weighted by Gasteiger charge is 2.19. The molecule has 51 heavy (non-hydrogen) atoms. The Kier molecular flexibility index (Phi) is 9.86. The molecule has 2 aromatic heterocycles. The monoisotopic (exact) mass is 692 g/mol. The summed E-state index contributed by atoms with van der Waals surface area (Å²) in [5, 5.41) is 3.40. The molecular weight excluding hydrogens is 658 g/mol. The second kappa shape index (κ2) is 15.0. The molecule has 1 aliphatic rings. The molecule has 0 radical (unpaired) electrons. The quantitative estimate of drug-likeness (QED) is 0.145. The summed E-state index contributed by atoms with van der Waals surface area (Å²) >= 11 is 0. The molecule has 1 aliphatic heterocycles. The first-order chi connectivity index (χ1) is 24.9. The van der Waals surface area contributed by atoms with Crippen molar-refractivity contribution in [3.8, 4) is 28.7 Å². The fourth-order valence-corrected chi connectivity index (χ4v) is 6.05. The molecule has 0 bridgehead atoms. The van der Waals surface area contributed by atoms with Crippen LogP contribution in [0, 0.1) is 11.6 Å². The topological polar surface area (TPSA) is 104 Å². The number of amides is 1. The van der Waals surface area contributed by atoms with Gasteiger partial charge in [-0.05, 0) is 55.0 Å². The van der Waals surface area contributed by atoms with Crippen LogP contribution in [0.25, 0.3) is 27.5 Å². The molecule has 0 unspecified atom stereocenters. The van der Waals surface area contributed by atoms with Gasteiger partial charge in [-0.1, -0.05) is 24.3 Å². The van der Waals surface area contributed by atoms with Crippen LogP contribution in [-0.4, -0.2) is 66.9 Å². The van der Waals surface area contributed by atoms with Crippen LogP contribution >= 0.6 is 0 Å². The molecule has 1 saturated heterocycles. The molecule has 260 valence electrons. The number of ether oxygens (including phenoxy) is 4. The van der Waals surface area contributed by atoms with Gasteiger partial charge in [0, 0.05) is 60.6 Å². The molecule has 6 aromatic rings. The van der Waals surface area contributed by atoms with E-state index in [1.807, 2.05) is 0 Å². The molecule has 0 spiro atoms. The number of benzene rings is 4. The molecule has 3 heterocycles. The van der Waals surface area contributed by atoms with Crippen LogP contribution in [0.5, 0.6) is 23.0 Å². The molecule has 7 rings (SSSR count). The van der Waals surface area contributed by atoms with Crippen molar-refractivity contribution in [2.75, 3.05) is 51.9 Å². The number of nitrogens with zero attached hydrogens (tertiary/aromatic N) is 3. The lowest BCUT2D eigenvalue weighted by atomic mass is 10.1. The molecule has 12 heteroatoms. The zero-order valence-corrected chi connectivity index (χ0v) is 27.7. The van der Waals surface area contributed by atoms with E-state index in [0.29, 0.717) is 40.3 Å². The Morgan fingerprint density at radius 1 is 0.882 bits per heavy atom. The first-order valence-electron chi connectivity index (χ1n) is 16.5. The van der Waals surface area contributed by atoms with E-state index in [1.165, 1.54) is 29.0 Å². The van der Waals surface area contributed by atoms with Gasteiger partial charge in [-0.3, -0.25) is 19.5 Å². The van der Waals surface area contributed by atoms with Gasteiger partial charge in [0.2, 0.25) is 5.43 Å². The minimum Gasteiger partial charge on any atom is -0.493 e. The third-order valence-electron chi connectivity index (χ3n) is 8.64. The van der Waals surface area contributed by atoms with E-state index in [2.05, 4.69) is 15.2 Å². The SMILES string of the molecule is COc1cc2c(Oc3ccc(NC(=O)c4cn(-c5ccccc5F)c5ccccc5c4=O)cc3F)ccnc2cc1OCCCN1CCOCC1. The number of fused-ring (bicyclic) bond motifs is 2. The minimum atomic E-state index is -0.782. The molecule has 0 atom stereocenters. The minimum absolute atomic E-state index is 0.0894. The summed E-state index contributed by atoms with van der Waals surface area (Å²) in [7, 11) is 1.54. The van der Waals surface area contributed by atoms with Crippen molar-refractivity contribution in [3.05, 3.63) is 125 Å². The van der Waals surface area contributed by atoms with Crippen molar-refractivity contribution >= 4 is 33.4 Å². The molecule has 4 aromatic carbocycles. The smallest absolute Gasteiger partial charge is 0.261 e. The van der Waals surface area contributed by atoms with Crippen molar-refractivity contribution in [2.24, 2.45) is 0 Å². The van der Waals surface area contributed by atoms with Gasteiger partial charge in [-0.2, -0.15) is 0 Å². The van der Waals surface area contributed by atoms with E-state index in [1.54, 1.807) is 74.0 Å². The fourth-order valence-electron chi connectivity index (χ4n) is 6.05. The third kappa shape index (κ3) is 7.23. The number of aromatic nitrogens is 2. The number of hydrogen-bond acceptors (Lipinski definition) is 8. The number of methoxy groups -OCH3 is 1. The molecule has 0 saturated carbocycles. The van der Waals surface area contributed by atoms with Crippen LogP contribution in [0.1, 0.15) is 16.8 Å². The number of carbonyl (C=O) groups excluding carboxylic acids is 1. The number of rotatable bonds is 11. The van der Waals surface area contributed by atoms with Gasteiger partial charge < -0.3 is 28.8 Å². The lowest BCUT2D eigenvalue weighted by Gasteiger charge is -2.26. The predicted molar refractivity (Wildman–Crippen MR) is 190 cm³/mol. The lowest BCUT2D eigenvalue weighted by molar-refractivity contribution is 0.0357. The van der Waals surface area contributed by atoms with E-state index in [-0.39, 0.29) is 28.1 Å². The number of pyridine rings is 2. The highest BCUT2D eigenvalue weighted by Crippen LogP contribution is 2.38. The maximum absolute atomic E-state index is 15.5. The van der Waals surface area contributed by atoms with Crippen LogP contribution in [0.15, 0.2) is 102 Å². The van der Waals surface area contributed by atoms with Gasteiger partial charge in [0.05, 0.1) is 43.7 Å². The van der Waals surface area contributed by atoms with Crippen molar-refractivity contribution in [1.29, 1.82) is 0 Å². The summed E-state index contributed by atoms with van der Waals surface area (Å²) in [6, 6.07) is 21.7. The first-order valence-corrected chi connectivity index (χ1v) is 16.5. The van der Waals surface area contributed by atoms with E-state index >= 15 is 4.39 Å². The highest BCUT2D eigenvalue weighted by atomic mass is 19.1. The van der Waals surface area contributed by atoms with Crippen LogP contribution in [0.4, 0.5) is 14.5 Å². The van der Waals surface area contributed by atoms with E-state index < -0.39 is 23.0 Å². The van der Waals surface area contributed by atoms with Crippen molar-refractivity contribution in [1.82, 2.24) is 14.5 Å². The second-order valence-electron chi connectivity index (χ2n) is 11.9. The summed E-state index contributed by atoms with van der Waals surface area (Å²) in [6.07, 6.45) is 3.68. The van der Waals surface area contributed by atoms with Crippen LogP contribution in [0.3, 0.4) is 0 Å². The van der Waals surface area contributed by atoms with Gasteiger partial charge in [0.1, 0.15) is 17.1 Å². The Bertz CT molecular complexity index is 2290. The Labute approximate surface area is 291 Å². The number of nitrogens with one attached hydrogen (secondary N) is 1. The van der Waals surface area contributed by atoms with E-state index in [4.69, 9.17) is 18.9 Å². The van der Waals surface area contributed by atoms with Crippen LogP contribution < -0.4 is 25.0 Å². The molecule has 1 fully saturated rings. The molecular formula is C39H34F2N4O6. The van der Waals surface area contributed by atoms with E-state index in [0.717, 1.165) is 45.3 Å². The summed E-state index contributed by atoms with van der Waals surface area (Å²) in [6.45, 7) is 4.71. The summed E-state index contributed by atoms with van der Waals surface area (Å²) < 4.78 is 54.8. The van der Waals surface area contributed by atoms with Gasteiger partial charge in [0.15, 0.2) is 23.1 Å². The largest absolute Gasteiger partial charge is 0.493 e. The zero-order valence-electron chi connectivity index (χ0n) is 27.7. The number of anilines is 1. The third-order valence-corrected chi connectivity index (χ3v) is 8.64. The van der Waals surface area contributed by atoms with Gasteiger partial charge in [-0.15, -0.1) is 0 Å². The Balaban J connectivity index is 1.09. The van der Waals surface area contributed by atoms with Gasteiger partial charge in [0.25, 0.3) is 5.91 Å². The van der Waals surface area contributed by atoms with Gasteiger partial charge in [-0.25, -0.2) is 8.78 Å². The lowest BCUT2D eigenvalue weighted by Crippen LogP contribution is -2.37. The molecule has 10 nitrogen and oxygen atoms in total. The average molecular weight is 693 g/mol. The summed E-state index contributed by atoms with van der Waals surface area (Å²) in [5.74, 6) is -0.821. The molecule has 0 aliphatic carbocycles. The van der Waals surface area contributed by atoms with Crippen molar-refractivity contribution < 1.29 is 32.5 Å². The number of hydrogen-bond donors (Lipinski definition) is 1. The number of para-hydroxylation sites is 2. The first kappa shape index (κ1) is 33.6.